The molecule has 0 atom stereocenters. The predicted molar refractivity (Wildman–Crippen MR) is 64.4 cm³/mol. The van der Waals surface area contributed by atoms with E-state index in [2.05, 4.69) is 9.88 Å². The van der Waals surface area contributed by atoms with Gasteiger partial charge in [-0.3, -0.25) is 0 Å². The van der Waals surface area contributed by atoms with Crippen molar-refractivity contribution in [2.75, 3.05) is 18.5 Å². The van der Waals surface area contributed by atoms with Crippen molar-refractivity contribution in [1.82, 2.24) is 4.98 Å². The zero-order chi connectivity index (χ0) is 11.7. The molecule has 5 heteroatoms. The van der Waals surface area contributed by atoms with Crippen LogP contribution in [-0.2, 0) is 6.42 Å². The number of aromatic carboxylic acids is 1. The second-order valence-corrected chi connectivity index (χ2v) is 5.23. The molecule has 1 fully saturated rings. The van der Waals surface area contributed by atoms with Crippen LogP contribution in [0.15, 0.2) is 0 Å². The van der Waals surface area contributed by atoms with Gasteiger partial charge in [-0.15, -0.1) is 0 Å². The van der Waals surface area contributed by atoms with Gasteiger partial charge in [0.05, 0.1) is 5.69 Å². The third-order valence-corrected chi connectivity index (χ3v) is 3.97. The van der Waals surface area contributed by atoms with Gasteiger partial charge < -0.3 is 10.0 Å². The van der Waals surface area contributed by atoms with Crippen LogP contribution in [0.3, 0.4) is 0 Å². The first-order chi connectivity index (χ1) is 7.61. The lowest BCUT2D eigenvalue weighted by atomic mass is 10.3. The highest BCUT2D eigenvalue weighted by atomic mass is 32.1. The standard InChI is InChI=1S/C11H16N2O2S/c1-3-8-9(10(14)15)16-11(12-8)13(2)6-7-4-5-7/h7H,3-6H2,1-2H3,(H,14,15). The molecule has 0 aliphatic heterocycles. The lowest BCUT2D eigenvalue weighted by Gasteiger charge is -2.14. The molecule has 1 N–H and O–H groups in total. The van der Waals surface area contributed by atoms with E-state index < -0.39 is 5.97 Å². The van der Waals surface area contributed by atoms with Crippen molar-refractivity contribution in [2.45, 2.75) is 26.2 Å². The molecule has 1 aliphatic rings. The molecule has 4 nitrogen and oxygen atoms in total. The summed E-state index contributed by atoms with van der Waals surface area (Å²) in [6, 6.07) is 0. The molecule has 1 saturated carbocycles. The molecule has 1 aromatic rings. The van der Waals surface area contributed by atoms with Crippen LogP contribution in [0.2, 0.25) is 0 Å². The molecular formula is C11H16N2O2S. The minimum absolute atomic E-state index is 0.389. The molecule has 2 rings (SSSR count). The molecule has 0 unspecified atom stereocenters. The number of carbonyl (C=O) groups is 1. The average Bonchev–Trinajstić information content (AvgIpc) is 2.94. The third-order valence-electron chi connectivity index (χ3n) is 2.77. The van der Waals surface area contributed by atoms with E-state index in [0.717, 1.165) is 17.6 Å². The van der Waals surface area contributed by atoms with Gasteiger partial charge in [-0.25, -0.2) is 9.78 Å². The van der Waals surface area contributed by atoms with Crippen molar-refractivity contribution in [3.63, 3.8) is 0 Å². The second kappa shape index (κ2) is 4.41. The number of carboxylic acid groups (broad SMARTS) is 1. The SMILES string of the molecule is CCc1nc(N(C)CC2CC2)sc1C(=O)O. The van der Waals surface area contributed by atoms with Gasteiger partial charge >= 0.3 is 5.97 Å². The molecule has 0 bridgehead atoms. The first kappa shape index (κ1) is 11.4. The molecule has 1 aromatic heterocycles. The van der Waals surface area contributed by atoms with E-state index in [0.29, 0.717) is 17.0 Å². The van der Waals surface area contributed by atoms with Crippen molar-refractivity contribution in [3.05, 3.63) is 10.6 Å². The molecule has 0 amide bonds. The van der Waals surface area contributed by atoms with E-state index in [-0.39, 0.29) is 0 Å². The third kappa shape index (κ3) is 2.35. The molecule has 16 heavy (non-hydrogen) atoms. The van der Waals surface area contributed by atoms with Crippen molar-refractivity contribution in [3.8, 4) is 0 Å². The van der Waals surface area contributed by atoms with Gasteiger partial charge in [0.15, 0.2) is 5.13 Å². The Kier molecular flexibility index (Phi) is 3.14. The van der Waals surface area contributed by atoms with Gasteiger partial charge in [-0.1, -0.05) is 18.3 Å². The Morgan fingerprint density at radius 2 is 2.31 bits per heavy atom. The monoisotopic (exact) mass is 240 g/mol. The van der Waals surface area contributed by atoms with Gasteiger partial charge in [0, 0.05) is 13.6 Å². The fraction of sp³-hybridized carbons (Fsp3) is 0.636. The van der Waals surface area contributed by atoms with Crippen molar-refractivity contribution in [2.24, 2.45) is 5.92 Å². The Bertz CT molecular complexity index is 399. The van der Waals surface area contributed by atoms with Gasteiger partial charge in [0.1, 0.15) is 4.88 Å². The Morgan fingerprint density at radius 1 is 1.62 bits per heavy atom. The fourth-order valence-corrected chi connectivity index (χ4v) is 2.64. The van der Waals surface area contributed by atoms with Gasteiger partial charge in [-0.05, 0) is 25.2 Å². The van der Waals surface area contributed by atoms with Crippen LogP contribution in [0.4, 0.5) is 5.13 Å². The summed E-state index contributed by atoms with van der Waals surface area (Å²) in [6.07, 6.45) is 3.26. The summed E-state index contributed by atoms with van der Waals surface area (Å²) >= 11 is 1.29. The van der Waals surface area contributed by atoms with Crippen LogP contribution in [0.25, 0.3) is 0 Å². The van der Waals surface area contributed by atoms with Crippen LogP contribution < -0.4 is 4.90 Å². The highest BCUT2D eigenvalue weighted by molar-refractivity contribution is 7.17. The maximum Gasteiger partial charge on any atom is 0.347 e. The van der Waals surface area contributed by atoms with Crippen LogP contribution in [0.5, 0.6) is 0 Å². The van der Waals surface area contributed by atoms with E-state index in [1.807, 2.05) is 14.0 Å². The van der Waals surface area contributed by atoms with Crippen molar-refractivity contribution >= 4 is 22.4 Å². The van der Waals surface area contributed by atoms with Crippen molar-refractivity contribution < 1.29 is 9.90 Å². The van der Waals surface area contributed by atoms with Crippen LogP contribution in [0, 0.1) is 5.92 Å². The van der Waals surface area contributed by atoms with Crippen molar-refractivity contribution in [1.29, 1.82) is 0 Å². The first-order valence-corrected chi connectivity index (χ1v) is 6.37. The van der Waals surface area contributed by atoms with Gasteiger partial charge in [0.25, 0.3) is 0 Å². The number of anilines is 1. The van der Waals surface area contributed by atoms with Crippen LogP contribution in [-0.4, -0.2) is 29.7 Å². The number of hydrogen-bond acceptors (Lipinski definition) is 4. The minimum Gasteiger partial charge on any atom is -0.477 e. The highest BCUT2D eigenvalue weighted by Gasteiger charge is 2.25. The molecule has 1 heterocycles. The predicted octanol–water partition coefficient (Wildman–Crippen LogP) is 2.25. The maximum atomic E-state index is 11.0. The summed E-state index contributed by atoms with van der Waals surface area (Å²) in [5.74, 6) is -0.0762. The van der Waals surface area contributed by atoms with Gasteiger partial charge in [0.2, 0.25) is 0 Å². The fourth-order valence-electron chi connectivity index (χ4n) is 1.68. The Balaban J connectivity index is 2.16. The molecule has 88 valence electrons. The second-order valence-electron chi connectivity index (χ2n) is 4.25. The van der Waals surface area contributed by atoms with E-state index in [4.69, 9.17) is 5.11 Å². The lowest BCUT2D eigenvalue weighted by molar-refractivity contribution is 0.0701. The van der Waals surface area contributed by atoms with E-state index in [1.165, 1.54) is 24.2 Å². The number of rotatable bonds is 5. The molecular weight excluding hydrogens is 224 g/mol. The number of aryl methyl sites for hydroxylation is 1. The molecule has 0 aromatic carbocycles. The highest BCUT2D eigenvalue weighted by Crippen LogP contribution is 2.33. The molecule has 0 radical (unpaired) electrons. The number of hydrogen-bond donors (Lipinski definition) is 1. The van der Waals surface area contributed by atoms with Crippen LogP contribution >= 0.6 is 11.3 Å². The number of carboxylic acids is 1. The average molecular weight is 240 g/mol. The van der Waals surface area contributed by atoms with E-state index in [9.17, 15) is 4.79 Å². The molecule has 1 aliphatic carbocycles. The summed E-state index contributed by atoms with van der Waals surface area (Å²) in [4.78, 5) is 17.9. The quantitative estimate of drug-likeness (QED) is 0.857. The zero-order valence-corrected chi connectivity index (χ0v) is 10.4. The van der Waals surface area contributed by atoms with Crippen LogP contribution in [0.1, 0.15) is 35.1 Å². The first-order valence-electron chi connectivity index (χ1n) is 5.56. The lowest BCUT2D eigenvalue weighted by Crippen LogP contribution is -2.19. The number of thiazole rings is 1. The minimum atomic E-state index is -0.861. The smallest absolute Gasteiger partial charge is 0.347 e. The van der Waals surface area contributed by atoms with E-state index in [1.54, 1.807) is 0 Å². The number of nitrogens with zero attached hydrogens (tertiary/aromatic N) is 2. The topological polar surface area (TPSA) is 53.4 Å². The summed E-state index contributed by atoms with van der Waals surface area (Å²) in [5, 5.41) is 9.87. The maximum absolute atomic E-state index is 11.0. The summed E-state index contributed by atoms with van der Waals surface area (Å²) in [7, 11) is 1.99. The zero-order valence-electron chi connectivity index (χ0n) is 9.56. The molecule has 0 saturated heterocycles. The van der Waals surface area contributed by atoms with E-state index >= 15 is 0 Å². The Morgan fingerprint density at radius 3 is 2.75 bits per heavy atom. The normalized spacial score (nSPS) is 15.1. The Hall–Kier alpha value is -1.10. The summed E-state index contributed by atoms with van der Waals surface area (Å²) < 4.78 is 0. The Labute approximate surface area is 98.9 Å². The summed E-state index contributed by atoms with van der Waals surface area (Å²) in [5.41, 5.74) is 0.704. The summed E-state index contributed by atoms with van der Waals surface area (Å²) in [6.45, 7) is 2.93. The molecule has 0 spiro atoms. The van der Waals surface area contributed by atoms with Gasteiger partial charge in [-0.2, -0.15) is 0 Å². The largest absolute Gasteiger partial charge is 0.477 e. The number of aromatic nitrogens is 1.